The van der Waals surface area contributed by atoms with Gasteiger partial charge in [0.2, 0.25) is 0 Å². The molecule has 1 aliphatic heterocycles. The average molecular weight is 407 g/mol. The maximum absolute atomic E-state index is 12.8. The summed E-state index contributed by atoms with van der Waals surface area (Å²) in [4.78, 5) is 29.8. The zero-order chi connectivity index (χ0) is 20.7. The van der Waals surface area contributed by atoms with E-state index in [4.69, 9.17) is 9.47 Å². The van der Waals surface area contributed by atoms with Crippen molar-refractivity contribution in [3.63, 3.8) is 0 Å². The summed E-state index contributed by atoms with van der Waals surface area (Å²) >= 11 is 0. The van der Waals surface area contributed by atoms with E-state index in [0.29, 0.717) is 53.8 Å². The van der Waals surface area contributed by atoms with Crippen LogP contribution in [0.2, 0.25) is 0 Å². The third kappa shape index (κ3) is 3.00. The molecule has 1 amide bonds. The quantitative estimate of drug-likeness (QED) is 0.532. The third-order valence-corrected chi connectivity index (χ3v) is 4.69. The lowest BCUT2D eigenvalue weighted by molar-refractivity contribution is 0.101. The highest BCUT2D eigenvalue weighted by Crippen LogP contribution is 2.30. The van der Waals surface area contributed by atoms with Crippen molar-refractivity contribution in [3.05, 3.63) is 52.2 Å². The van der Waals surface area contributed by atoms with Crippen LogP contribution in [0.15, 0.2) is 35.3 Å². The van der Waals surface area contributed by atoms with Gasteiger partial charge in [-0.3, -0.25) is 15.0 Å². The number of fused-ring (bicyclic) bond motifs is 4. The first-order valence-electron chi connectivity index (χ1n) is 9.49. The van der Waals surface area contributed by atoms with Gasteiger partial charge in [0.15, 0.2) is 22.8 Å². The molecule has 0 aliphatic carbocycles. The maximum atomic E-state index is 12.8. The van der Waals surface area contributed by atoms with E-state index in [0.717, 1.165) is 11.1 Å². The van der Waals surface area contributed by atoms with Gasteiger partial charge < -0.3 is 9.47 Å². The molecule has 0 bridgehead atoms. The first-order chi connectivity index (χ1) is 14.6. The predicted molar refractivity (Wildman–Crippen MR) is 105 cm³/mol. The molecule has 0 spiro atoms. The van der Waals surface area contributed by atoms with Crippen molar-refractivity contribution < 1.29 is 14.3 Å². The van der Waals surface area contributed by atoms with Crippen LogP contribution >= 0.6 is 0 Å². The highest BCUT2D eigenvalue weighted by Gasteiger charge is 2.16. The highest BCUT2D eigenvalue weighted by atomic mass is 16.5. The minimum Gasteiger partial charge on any atom is -0.490 e. The highest BCUT2D eigenvalue weighted by molar-refractivity contribution is 6.00. The average Bonchev–Trinajstić information content (AvgIpc) is 3.05. The van der Waals surface area contributed by atoms with Gasteiger partial charge >= 0.3 is 0 Å². The molecule has 0 unspecified atom stereocenters. The van der Waals surface area contributed by atoms with Crippen molar-refractivity contribution in [1.29, 1.82) is 0 Å². The molecule has 11 nitrogen and oxygen atoms in total. The van der Waals surface area contributed by atoms with Crippen LogP contribution in [0.5, 0.6) is 11.5 Å². The van der Waals surface area contributed by atoms with Crippen LogP contribution in [-0.2, 0) is 6.42 Å². The van der Waals surface area contributed by atoms with Crippen LogP contribution in [0.3, 0.4) is 0 Å². The Hall–Kier alpha value is -4.02. The van der Waals surface area contributed by atoms with Crippen LogP contribution in [-0.4, -0.2) is 48.6 Å². The summed E-state index contributed by atoms with van der Waals surface area (Å²) in [6.45, 7) is 2.99. The van der Waals surface area contributed by atoms with Crippen LogP contribution < -0.4 is 20.5 Å². The monoisotopic (exact) mass is 407 g/mol. The number of hydrogen-bond donors (Lipinski definition) is 1. The molecule has 0 atom stereocenters. The molecular formula is C19H17N7O4. The summed E-state index contributed by atoms with van der Waals surface area (Å²) in [6.07, 6.45) is 2.84. The number of pyridine rings is 1. The first kappa shape index (κ1) is 18.0. The van der Waals surface area contributed by atoms with Crippen molar-refractivity contribution in [1.82, 2.24) is 29.5 Å². The molecule has 0 fully saturated rings. The number of benzene rings is 1. The third-order valence-electron chi connectivity index (χ3n) is 4.69. The number of ether oxygens (including phenoxy) is 2. The van der Waals surface area contributed by atoms with E-state index in [1.807, 2.05) is 6.92 Å². The molecule has 0 saturated carbocycles. The van der Waals surface area contributed by atoms with E-state index in [1.165, 1.54) is 10.7 Å². The molecule has 11 heteroatoms. The number of amides is 1. The molecule has 152 valence electrons. The fraction of sp³-hybridized carbons (Fsp3) is 0.263. The fourth-order valence-electron chi connectivity index (χ4n) is 3.16. The fourth-order valence-corrected chi connectivity index (χ4v) is 3.16. The molecule has 1 aromatic carbocycles. The molecule has 1 N–H and O–H groups in total. The van der Waals surface area contributed by atoms with Gasteiger partial charge in [-0.05, 0) is 24.3 Å². The summed E-state index contributed by atoms with van der Waals surface area (Å²) in [6, 6.07) is 6.50. The van der Waals surface area contributed by atoms with Gasteiger partial charge in [0.25, 0.3) is 17.2 Å². The second-order valence-electron chi connectivity index (χ2n) is 6.67. The number of carbonyl (C=O) groups is 1. The molecule has 1 aliphatic rings. The Morgan fingerprint density at radius 3 is 2.83 bits per heavy atom. The van der Waals surface area contributed by atoms with Gasteiger partial charge in [0, 0.05) is 24.6 Å². The lowest BCUT2D eigenvalue weighted by Gasteiger charge is -2.11. The summed E-state index contributed by atoms with van der Waals surface area (Å²) in [5.41, 5.74) is 2.88. The van der Waals surface area contributed by atoms with E-state index in [9.17, 15) is 9.59 Å². The Balaban J connectivity index is 1.48. The number of nitrogens with one attached hydrogen (secondary N) is 1. The topological polar surface area (TPSA) is 126 Å². The molecule has 3 aromatic heterocycles. The van der Waals surface area contributed by atoms with E-state index >= 15 is 0 Å². The van der Waals surface area contributed by atoms with Crippen molar-refractivity contribution in [3.8, 4) is 11.5 Å². The van der Waals surface area contributed by atoms with Crippen LogP contribution in [0.4, 0.5) is 0 Å². The van der Waals surface area contributed by atoms with Gasteiger partial charge in [-0.25, -0.2) is 4.68 Å². The predicted octanol–water partition coefficient (Wildman–Crippen LogP) is 0.942. The van der Waals surface area contributed by atoms with Crippen molar-refractivity contribution in [2.45, 2.75) is 19.8 Å². The van der Waals surface area contributed by atoms with Crippen molar-refractivity contribution in [2.75, 3.05) is 18.6 Å². The maximum Gasteiger partial charge on any atom is 0.299 e. The van der Waals surface area contributed by atoms with Crippen molar-refractivity contribution in [2.24, 2.45) is 0 Å². The number of aryl methyl sites for hydroxylation is 1. The van der Waals surface area contributed by atoms with Crippen LogP contribution in [0.1, 0.15) is 29.5 Å². The van der Waals surface area contributed by atoms with Gasteiger partial charge in [0.1, 0.15) is 5.52 Å². The lowest BCUT2D eigenvalue weighted by atomic mass is 10.2. The van der Waals surface area contributed by atoms with E-state index in [-0.39, 0.29) is 5.52 Å². The molecule has 0 saturated heterocycles. The molecule has 5 rings (SSSR count). The largest absolute Gasteiger partial charge is 0.490 e. The molecular weight excluding hydrogens is 390 g/mol. The minimum atomic E-state index is -0.529. The molecule has 4 heterocycles. The Morgan fingerprint density at radius 2 is 2.00 bits per heavy atom. The zero-order valence-corrected chi connectivity index (χ0v) is 16.0. The Labute approximate surface area is 169 Å². The Kier molecular flexibility index (Phi) is 4.27. The molecule has 0 radical (unpaired) electrons. The summed E-state index contributed by atoms with van der Waals surface area (Å²) in [5, 5.41) is 12.3. The number of rotatable bonds is 3. The van der Waals surface area contributed by atoms with Gasteiger partial charge in [-0.2, -0.15) is 9.50 Å². The number of hydrogen-bond acceptors (Lipinski definition) is 8. The van der Waals surface area contributed by atoms with Crippen LogP contribution in [0.25, 0.3) is 16.8 Å². The van der Waals surface area contributed by atoms with Gasteiger partial charge in [-0.15, -0.1) is 15.3 Å². The smallest absolute Gasteiger partial charge is 0.299 e. The Morgan fingerprint density at radius 1 is 1.17 bits per heavy atom. The number of aromatic nitrogens is 6. The van der Waals surface area contributed by atoms with Crippen molar-refractivity contribution >= 4 is 22.7 Å². The zero-order valence-electron chi connectivity index (χ0n) is 16.0. The van der Waals surface area contributed by atoms with E-state index in [1.54, 1.807) is 24.3 Å². The molecule has 4 aromatic rings. The first-order valence-corrected chi connectivity index (χ1v) is 9.49. The number of nitrogens with zero attached hydrogens (tertiary/aromatic N) is 6. The molecule has 30 heavy (non-hydrogen) atoms. The summed E-state index contributed by atoms with van der Waals surface area (Å²) in [5.74, 6) is 1.52. The summed E-state index contributed by atoms with van der Waals surface area (Å²) < 4.78 is 13.7. The minimum absolute atomic E-state index is 0.0662. The normalized spacial score (nSPS) is 13.4. The van der Waals surface area contributed by atoms with Gasteiger partial charge in [-0.1, -0.05) is 6.92 Å². The standard InChI is InChI=1S/C19H17N7O4/c1-2-15-20-19-22-21-16-12(26(19)23-15)6-7-25(18(16)28)24-17(27)11-4-5-13-14(10-11)30-9-3-8-29-13/h4-7,10H,2-3,8-9H2,1H3,(H,24,27). The Bertz CT molecular complexity index is 1340. The lowest BCUT2D eigenvalue weighted by Crippen LogP contribution is -2.33. The summed E-state index contributed by atoms with van der Waals surface area (Å²) in [7, 11) is 0. The number of carbonyl (C=O) groups excluding carboxylic acids is 1. The van der Waals surface area contributed by atoms with E-state index < -0.39 is 11.5 Å². The second-order valence-corrected chi connectivity index (χ2v) is 6.67. The SMILES string of the molecule is CCc1nc2nnc3c(=O)n(NC(=O)c4ccc5c(c4)OCCCO5)ccc3n2n1. The van der Waals surface area contributed by atoms with Gasteiger partial charge in [0.05, 0.1) is 13.2 Å². The van der Waals surface area contributed by atoms with Crippen LogP contribution in [0, 0.1) is 0 Å². The van der Waals surface area contributed by atoms with E-state index in [2.05, 4.69) is 25.7 Å². The second kappa shape index (κ2) is 7.10.